The van der Waals surface area contributed by atoms with Crippen molar-refractivity contribution in [1.29, 1.82) is 0 Å². The SMILES string of the molecule is CCC(N)Cc1cccc(Cl)c1SCc1ccc(Cl)cc1. The summed E-state index contributed by atoms with van der Waals surface area (Å²) in [7, 11) is 0. The summed E-state index contributed by atoms with van der Waals surface area (Å²) < 4.78 is 0. The molecule has 1 unspecified atom stereocenters. The molecule has 2 aromatic rings. The Bertz CT molecular complexity index is 584. The topological polar surface area (TPSA) is 26.0 Å². The van der Waals surface area contributed by atoms with E-state index in [0.717, 1.165) is 33.5 Å². The predicted molar refractivity (Wildman–Crippen MR) is 94.4 cm³/mol. The van der Waals surface area contributed by atoms with Gasteiger partial charge in [0.15, 0.2) is 0 Å². The minimum atomic E-state index is 0.179. The second kappa shape index (κ2) is 8.09. The second-order valence-corrected chi connectivity index (χ2v) is 6.84. The van der Waals surface area contributed by atoms with Crippen LogP contribution in [0.4, 0.5) is 0 Å². The zero-order valence-electron chi connectivity index (χ0n) is 12.0. The molecular weight excluding hydrogens is 321 g/mol. The first kappa shape index (κ1) is 16.7. The van der Waals surface area contributed by atoms with Crippen LogP contribution in [-0.4, -0.2) is 6.04 Å². The lowest BCUT2D eigenvalue weighted by molar-refractivity contribution is 0.641. The molecule has 2 aromatic carbocycles. The molecule has 0 radical (unpaired) electrons. The highest BCUT2D eigenvalue weighted by atomic mass is 35.5. The van der Waals surface area contributed by atoms with Gasteiger partial charge in [0.2, 0.25) is 0 Å². The summed E-state index contributed by atoms with van der Waals surface area (Å²) in [6.07, 6.45) is 1.83. The number of hydrogen-bond acceptors (Lipinski definition) is 2. The Balaban J connectivity index is 2.12. The fraction of sp³-hybridized carbons (Fsp3) is 0.294. The van der Waals surface area contributed by atoms with Crippen molar-refractivity contribution in [2.24, 2.45) is 5.73 Å². The van der Waals surface area contributed by atoms with E-state index < -0.39 is 0 Å². The zero-order valence-corrected chi connectivity index (χ0v) is 14.3. The molecule has 0 amide bonds. The number of nitrogens with two attached hydrogens (primary N) is 1. The third-order valence-electron chi connectivity index (χ3n) is 3.35. The second-order valence-electron chi connectivity index (χ2n) is 5.02. The van der Waals surface area contributed by atoms with Gasteiger partial charge in [0, 0.05) is 21.7 Å². The van der Waals surface area contributed by atoms with Crippen LogP contribution >= 0.6 is 35.0 Å². The number of halogens is 2. The minimum absolute atomic E-state index is 0.179. The Labute approximate surface area is 140 Å². The van der Waals surface area contributed by atoms with Crippen LogP contribution in [0.2, 0.25) is 10.0 Å². The summed E-state index contributed by atoms with van der Waals surface area (Å²) in [5, 5.41) is 1.56. The summed E-state index contributed by atoms with van der Waals surface area (Å²) in [5.41, 5.74) is 8.54. The summed E-state index contributed by atoms with van der Waals surface area (Å²) in [6, 6.07) is 14.1. The first-order chi connectivity index (χ1) is 10.1. The molecule has 112 valence electrons. The van der Waals surface area contributed by atoms with Crippen LogP contribution in [0.15, 0.2) is 47.4 Å². The van der Waals surface area contributed by atoms with Gasteiger partial charge in [-0.1, -0.05) is 54.4 Å². The van der Waals surface area contributed by atoms with Gasteiger partial charge < -0.3 is 5.73 Å². The largest absolute Gasteiger partial charge is 0.327 e. The van der Waals surface area contributed by atoms with E-state index in [2.05, 4.69) is 13.0 Å². The summed E-state index contributed by atoms with van der Waals surface area (Å²) in [4.78, 5) is 1.14. The lowest BCUT2D eigenvalue weighted by Crippen LogP contribution is -2.21. The normalized spacial score (nSPS) is 12.4. The summed E-state index contributed by atoms with van der Waals surface area (Å²) in [6.45, 7) is 2.11. The van der Waals surface area contributed by atoms with Crippen molar-refractivity contribution in [3.63, 3.8) is 0 Å². The molecule has 0 fully saturated rings. The van der Waals surface area contributed by atoms with Crippen molar-refractivity contribution < 1.29 is 0 Å². The number of rotatable bonds is 6. The Kier molecular flexibility index (Phi) is 6.43. The third-order valence-corrected chi connectivity index (χ3v) is 5.28. The first-order valence-corrected chi connectivity index (χ1v) is 8.74. The zero-order chi connectivity index (χ0) is 15.2. The Morgan fingerprint density at radius 2 is 1.81 bits per heavy atom. The fourth-order valence-electron chi connectivity index (χ4n) is 2.04. The fourth-order valence-corrected chi connectivity index (χ4v) is 3.57. The highest BCUT2D eigenvalue weighted by molar-refractivity contribution is 7.98. The van der Waals surface area contributed by atoms with Gasteiger partial charge in [-0.15, -0.1) is 11.8 Å². The maximum Gasteiger partial charge on any atom is 0.0544 e. The van der Waals surface area contributed by atoms with E-state index in [9.17, 15) is 0 Å². The molecule has 1 atom stereocenters. The molecule has 0 aliphatic carbocycles. The molecule has 2 N–H and O–H groups in total. The molecule has 0 aliphatic heterocycles. The van der Waals surface area contributed by atoms with E-state index >= 15 is 0 Å². The molecule has 0 spiro atoms. The van der Waals surface area contributed by atoms with Crippen molar-refractivity contribution in [2.75, 3.05) is 0 Å². The average Bonchev–Trinajstić information content (AvgIpc) is 2.48. The van der Waals surface area contributed by atoms with Crippen LogP contribution in [0.5, 0.6) is 0 Å². The molecule has 4 heteroatoms. The average molecular weight is 340 g/mol. The molecule has 21 heavy (non-hydrogen) atoms. The van der Waals surface area contributed by atoms with Crippen LogP contribution in [0.1, 0.15) is 24.5 Å². The standard InChI is InChI=1S/C17H19Cl2NS/c1-2-15(20)10-13-4-3-5-16(19)17(13)21-11-12-6-8-14(18)9-7-12/h3-9,15H,2,10-11,20H2,1H3. The molecule has 0 aliphatic rings. The molecule has 2 rings (SSSR count). The van der Waals surface area contributed by atoms with Gasteiger partial charge in [-0.2, -0.15) is 0 Å². The quantitative estimate of drug-likeness (QED) is 0.696. The lowest BCUT2D eigenvalue weighted by atomic mass is 10.0. The molecule has 0 aromatic heterocycles. The van der Waals surface area contributed by atoms with Gasteiger partial charge in [-0.25, -0.2) is 0 Å². The van der Waals surface area contributed by atoms with Crippen LogP contribution in [-0.2, 0) is 12.2 Å². The van der Waals surface area contributed by atoms with E-state index in [4.69, 9.17) is 28.9 Å². The van der Waals surface area contributed by atoms with Crippen molar-refractivity contribution in [3.8, 4) is 0 Å². The van der Waals surface area contributed by atoms with Crippen molar-refractivity contribution in [3.05, 3.63) is 63.6 Å². The van der Waals surface area contributed by atoms with Crippen LogP contribution in [0.25, 0.3) is 0 Å². The van der Waals surface area contributed by atoms with Gasteiger partial charge in [0.25, 0.3) is 0 Å². The monoisotopic (exact) mass is 339 g/mol. The highest BCUT2D eigenvalue weighted by Gasteiger charge is 2.11. The molecule has 1 nitrogen and oxygen atoms in total. The third kappa shape index (κ3) is 4.93. The van der Waals surface area contributed by atoms with Gasteiger partial charge in [0.1, 0.15) is 0 Å². The molecule has 0 saturated heterocycles. The summed E-state index contributed by atoms with van der Waals surface area (Å²) >= 11 is 14.0. The van der Waals surface area contributed by atoms with Crippen LogP contribution < -0.4 is 5.73 Å². The van der Waals surface area contributed by atoms with Crippen molar-refractivity contribution in [1.82, 2.24) is 0 Å². The molecule has 0 saturated carbocycles. The Hall–Kier alpha value is -0.670. The number of hydrogen-bond donors (Lipinski definition) is 1. The van der Waals surface area contributed by atoms with Gasteiger partial charge in [-0.05, 0) is 42.2 Å². The van der Waals surface area contributed by atoms with E-state index in [1.54, 1.807) is 11.8 Å². The minimum Gasteiger partial charge on any atom is -0.327 e. The van der Waals surface area contributed by atoms with Crippen molar-refractivity contribution >= 4 is 35.0 Å². The van der Waals surface area contributed by atoms with Crippen LogP contribution in [0, 0.1) is 0 Å². The van der Waals surface area contributed by atoms with E-state index in [-0.39, 0.29) is 6.04 Å². The van der Waals surface area contributed by atoms with E-state index in [1.807, 2.05) is 36.4 Å². The van der Waals surface area contributed by atoms with Gasteiger partial charge in [0.05, 0.1) is 5.02 Å². The van der Waals surface area contributed by atoms with Crippen LogP contribution in [0.3, 0.4) is 0 Å². The molecule has 0 bridgehead atoms. The van der Waals surface area contributed by atoms with E-state index in [0.29, 0.717) is 0 Å². The lowest BCUT2D eigenvalue weighted by Gasteiger charge is -2.14. The van der Waals surface area contributed by atoms with Gasteiger partial charge >= 0.3 is 0 Å². The maximum atomic E-state index is 6.36. The Morgan fingerprint density at radius 1 is 1.10 bits per heavy atom. The molecular formula is C17H19Cl2NS. The Morgan fingerprint density at radius 3 is 2.48 bits per heavy atom. The smallest absolute Gasteiger partial charge is 0.0544 e. The summed E-state index contributed by atoms with van der Waals surface area (Å²) in [5.74, 6) is 0.870. The van der Waals surface area contributed by atoms with Crippen molar-refractivity contribution in [2.45, 2.75) is 36.5 Å². The number of thioether (sulfide) groups is 1. The maximum absolute atomic E-state index is 6.36. The molecule has 0 heterocycles. The van der Waals surface area contributed by atoms with E-state index in [1.165, 1.54) is 11.1 Å². The predicted octanol–water partition coefficient (Wildman–Crippen LogP) is 5.57. The van der Waals surface area contributed by atoms with Gasteiger partial charge in [-0.3, -0.25) is 0 Å². The first-order valence-electron chi connectivity index (χ1n) is 7.00. The highest BCUT2D eigenvalue weighted by Crippen LogP contribution is 2.33. The number of benzene rings is 2.